The Morgan fingerprint density at radius 1 is 1.02 bits per heavy atom. The van der Waals surface area contributed by atoms with Gasteiger partial charge in [0.2, 0.25) is 0 Å². The summed E-state index contributed by atoms with van der Waals surface area (Å²) < 4.78 is 49.9. The minimum Gasteiger partial charge on any atom is -0.382 e. The van der Waals surface area contributed by atoms with Crippen molar-refractivity contribution in [3.05, 3.63) is 40.5 Å². The van der Waals surface area contributed by atoms with E-state index in [4.69, 9.17) is 10.5 Å². The van der Waals surface area contributed by atoms with Gasteiger partial charge in [-0.25, -0.2) is 17.6 Å². The summed E-state index contributed by atoms with van der Waals surface area (Å²) in [6.07, 6.45) is 3.42. The molecule has 2 aromatic rings. The SMILES string of the molecule is CN1CCN(C(=O)N[C@H]2CC[C@H](Nc3cc(-n4c5c(c6c4CC(C)(C)CS6(=O)=O)COC5)cc(F)c3C(N)=O)CC2)CC1. The first-order valence-electron chi connectivity index (χ1n) is 15.0. The Morgan fingerprint density at radius 3 is 2.37 bits per heavy atom. The average Bonchev–Trinajstić information content (AvgIpc) is 3.48. The summed E-state index contributed by atoms with van der Waals surface area (Å²) >= 11 is 0. The number of halogens is 1. The number of anilines is 1. The highest BCUT2D eigenvalue weighted by molar-refractivity contribution is 7.91. The molecule has 11 nitrogen and oxygen atoms in total. The maximum atomic E-state index is 15.6. The van der Waals surface area contributed by atoms with Crippen molar-refractivity contribution in [1.29, 1.82) is 0 Å². The number of hydrogen-bond donors (Lipinski definition) is 3. The number of sulfone groups is 1. The van der Waals surface area contributed by atoms with E-state index in [0.29, 0.717) is 59.9 Å². The first-order chi connectivity index (χ1) is 20.3. The van der Waals surface area contributed by atoms with Crippen LogP contribution in [0.5, 0.6) is 0 Å². The predicted octanol–water partition coefficient (Wildman–Crippen LogP) is 2.78. The van der Waals surface area contributed by atoms with Crippen molar-refractivity contribution in [2.24, 2.45) is 11.1 Å². The number of carbonyl (C=O) groups excluding carboxylic acids is 2. The number of urea groups is 1. The van der Waals surface area contributed by atoms with E-state index in [1.807, 2.05) is 25.8 Å². The van der Waals surface area contributed by atoms with Crippen LogP contribution in [-0.4, -0.2) is 85.8 Å². The van der Waals surface area contributed by atoms with E-state index >= 15 is 4.39 Å². The Kier molecular flexibility index (Phi) is 7.70. The van der Waals surface area contributed by atoms with Crippen molar-refractivity contribution in [1.82, 2.24) is 19.7 Å². The van der Waals surface area contributed by atoms with Gasteiger partial charge in [0, 0.05) is 49.5 Å². The first-order valence-corrected chi connectivity index (χ1v) is 16.7. The number of carbonyl (C=O) groups is 2. The number of hydrogen-bond acceptors (Lipinski definition) is 7. The minimum atomic E-state index is -3.57. The normalized spacial score (nSPS) is 24.7. The summed E-state index contributed by atoms with van der Waals surface area (Å²) in [5.74, 6) is -1.62. The van der Waals surface area contributed by atoms with Crippen molar-refractivity contribution < 1.29 is 27.1 Å². The molecule has 0 bridgehead atoms. The maximum Gasteiger partial charge on any atom is 0.317 e. The molecule has 4 N–H and O–H groups in total. The zero-order valence-electron chi connectivity index (χ0n) is 25.0. The van der Waals surface area contributed by atoms with Crippen LogP contribution in [0, 0.1) is 11.2 Å². The van der Waals surface area contributed by atoms with Gasteiger partial charge < -0.3 is 35.5 Å². The van der Waals surface area contributed by atoms with Crippen LogP contribution in [0.3, 0.4) is 0 Å². The zero-order chi connectivity index (χ0) is 30.7. The molecule has 0 unspecified atom stereocenters. The Labute approximate surface area is 251 Å². The quantitative estimate of drug-likeness (QED) is 0.470. The molecule has 1 saturated carbocycles. The van der Waals surface area contributed by atoms with Gasteiger partial charge in [-0.3, -0.25) is 4.79 Å². The highest BCUT2D eigenvalue weighted by atomic mass is 32.2. The van der Waals surface area contributed by atoms with E-state index in [1.54, 1.807) is 10.6 Å². The van der Waals surface area contributed by atoms with Crippen LogP contribution in [0.4, 0.5) is 14.9 Å². The van der Waals surface area contributed by atoms with Crippen LogP contribution in [0.15, 0.2) is 17.0 Å². The number of nitrogens with zero attached hydrogens (tertiary/aromatic N) is 3. The molecule has 0 atom stereocenters. The Bertz CT molecular complexity index is 1560. The number of amides is 3. The minimum absolute atomic E-state index is 0.0315. The topological polar surface area (TPSA) is 139 Å². The Morgan fingerprint density at radius 2 is 1.70 bits per heavy atom. The fraction of sp³-hybridized carbons (Fsp3) is 0.600. The average molecular weight is 617 g/mol. The maximum absolute atomic E-state index is 15.6. The molecule has 1 saturated heterocycles. The fourth-order valence-electron chi connectivity index (χ4n) is 7.15. The monoisotopic (exact) mass is 616 g/mol. The number of ether oxygens (including phenoxy) is 1. The number of primary amides is 1. The molecule has 1 aromatic carbocycles. The highest BCUT2D eigenvalue weighted by Gasteiger charge is 2.43. The lowest BCUT2D eigenvalue weighted by Gasteiger charge is -2.35. The van der Waals surface area contributed by atoms with Gasteiger partial charge in [0.05, 0.1) is 46.5 Å². The van der Waals surface area contributed by atoms with Crippen molar-refractivity contribution in [2.75, 3.05) is 44.3 Å². The molecule has 3 amide bonds. The second kappa shape index (κ2) is 11.1. The van der Waals surface area contributed by atoms with Crippen LogP contribution >= 0.6 is 0 Å². The number of likely N-dealkylation sites (N-methyl/N-ethyl adjacent to an activating group) is 1. The number of benzene rings is 1. The molecule has 6 rings (SSSR count). The molecule has 234 valence electrons. The number of nitrogens with two attached hydrogens (primary N) is 1. The van der Waals surface area contributed by atoms with E-state index in [-0.39, 0.29) is 48.3 Å². The highest BCUT2D eigenvalue weighted by Crippen LogP contribution is 2.44. The molecule has 2 fully saturated rings. The van der Waals surface area contributed by atoms with Gasteiger partial charge >= 0.3 is 6.03 Å². The molecule has 0 spiro atoms. The van der Waals surface area contributed by atoms with E-state index in [0.717, 1.165) is 25.9 Å². The number of aromatic nitrogens is 1. The molecule has 0 radical (unpaired) electrons. The van der Waals surface area contributed by atoms with E-state index in [1.165, 1.54) is 6.07 Å². The molecule has 3 aliphatic heterocycles. The van der Waals surface area contributed by atoms with Crippen LogP contribution in [-0.2, 0) is 34.2 Å². The van der Waals surface area contributed by atoms with Crippen LogP contribution < -0.4 is 16.4 Å². The number of piperazine rings is 1. The number of nitrogens with one attached hydrogen (secondary N) is 2. The Hall–Kier alpha value is -3.16. The van der Waals surface area contributed by atoms with Crippen LogP contribution in [0.1, 0.15) is 66.8 Å². The molecular weight excluding hydrogens is 575 g/mol. The van der Waals surface area contributed by atoms with Crippen molar-refractivity contribution in [3.63, 3.8) is 0 Å². The molecule has 1 aromatic heterocycles. The van der Waals surface area contributed by atoms with Crippen LogP contribution in [0.25, 0.3) is 5.69 Å². The summed E-state index contributed by atoms with van der Waals surface area (Å²) in [4.78, 5) is 29.5. The van der Waals surface area contributed by atoms with Gasteiger partial charge in [-0.2, -0.15) is 0 Å². The van der Waals surface area contributed by atoms with Gasteiger partial charge in [-0.05, 0) is 56.7 Å². The largest absolute Gasteiger partial charge is 0.382 e. The lowest BCUT2D eigenvalue weighted by Crippen LogP contribution is -2.53. The summed E-state index contributed by atoms with van der Waals surface area (Å²) in [5, 5.41) is 6.53. The van der Waals surface area contributed by atoms with Crippen LogP contribution in [0.2, 0.25) is 0 Å². The third kappa shape index (κ3) is 5.74. The zero-order valence-corrected chi connectivity index (χ0v) is 25.9. The van der Waals surface area contributed by atoms with Crippen molar-refractivity contribution >= 4 is 27.5 Å². The van der Waals surface area contributed by atoms with Gasteiger partial charge in [-0.15, -0.1) is 0 Å². The summed E-state index contributed by atoms with van der Waals surface area (Å²) in [5.41, 5.74) is 7.57. The summed E-state index contributed by atoms with van der Waals surface area (Å²) in [7, 11) is -1.52. The molecule has 1 aliphatic carbocycles. The molecule has 4 aliphatic rings. The Balaban J connectivity index is 1.25. The second-order valence-corrected chi connectivity index (χ2v) is 15.2. The van der Waals surface area contributed by atoms with E-state index in [2.05, 4.69) is 15.5 Å². The van der Waals surface area contributed by atoms with Crippen molar-refractivity contribution in [3.8, 4) is 5.69 Å². The molecule has 43 heavy (non-hydrogen) atoms. The van der Waals surface area contributed by atoms with Gasteiger partial charge in [0.1, 0.15) is 5.82 Å². The van der Waals surface area contributed by atoms with Gasteiger partial charge in [0.15, 0.2) is 9.84 Å². The molecular formula is C30H41FN6O5S. The second-order valence-electron chi connectivity index (χ2n) is 13.3. The fourth-order valence-corrected chi connectivity index (χ4v) is 9.50. The lowest BCUT2D eigenvalue weighted by molar-refractivity contribution is 0.0997. The molecule has 13 heteroatoms. The smallest absolute Gasteiger partial charge is 0.317 e. The molecule has 4 heterocycles. The lowest BCUT2D eigenvalue weighted by atomic mass is 9.89. The summed E-state index contributed by atoms with van der Waals surface area (Å²) in [6, 6.07) is 2.90. The van der Waals surface area contributed by atoms with Gasteiger partial charge in [0.25, 0.3) is 5.91 Å². The standard InChI is InChI=1S/C30H41FN6O5S/c1-30(2)14-24-27(43(40,41)17-30)21-15-42-16-25(21)37(24)20-12-22(31)26(28(32)38)23(13-20)33-18-4-6-19(7-5-18)34-29(39)36-10-8-35(3)9-11-36/h12-13,18-19,33H,4-11,14-17H2,1-3H3,(H2,32,38)(H,34,39)/t18-,19-. The third-order valence-electron chi connectivity index (χ3n) is 9.23. The van der Waals surface area contributed by atoms with E-state index in [9.17, 15) is 18.0 Å². The van der Waals surface area contributed by atoms with Crippen molar-refractivity contribution in [2.45, 2.75) is 76.1 Å². The van der Waals surface area contributed by atoms with Gasteiger partial charge in [-0.1, -0.05) is 13.8 Å². The third-order valence-corrected chi connectivity index (χ3v) is 11.5. The number of rotatable bonds is 5. The number of fused-ring (bicyclic) bond motifs is 3. The van der Waals surface area contributed by atoms with E-state index < -0.39 is 27.0 Å². The predicted molar refractivity (Wildman–Crippen MR) is 160 cm³/mol. The summed E-state index contributed by atoms with van der Waals surface area (Å²) in [6.45, 7) is 7.37. The first kappa shape index (κ1) is 29.9.